The summed E-state index contributed by atoms with van der Waals surface area (Å²) < 4.78 is 42.4. The summed E-state index contributed by atoms with van der Waals surface area (Å²) in [6.07, 6.45) is -2.44. The summed E-state index contributed by atoms with van der Waals surface area (Å²) in [6.45, 7) is 2.39. The van der Waals surface area contributed by atoms with Crippen molar-refractivity contribution in [2.45, 2.75) is 26.1 Å². The third kappa shape index (κ3) is 3.49. The molecule has 19 heavy (non-hydrogen) atoms. The van der Waals surface area contributed by atoms with Crippen LogP contribution in [0.2, 0.25) is 0 Å². The zero-order chi connectivity index (χ0) is 13.9. The third-order valence-corrected chi connectivity index (χ3v) is 2.59. The molecule has 102 valence electrons. The summed E-state index contributed by atoms with van der Waals surface area (Å²) in [5.74, 6) is 1.61. The number of hydrogen-bond acceptors (Lipinski definition) is 3. The molecule has 0 aliphatic heterocycles. The van der Waals surface area contributed by atoms with Crippen LogP contribution in [0.15, 0.2) is 34.9 Å². The van der Waals surface area contributed by atoms with E-state index in [9.17, 15) is 13.2 Å². The highest BCUT2D eigenvalue weighted by atomic mass is 19.4. The van der Waals surface area contributed by atoms with Crippen molar-refractivity contribution >= 4 is 5.69 Å². The van der Waals surface area contributed by atoms with Crippen LogP contribution in [0.4, 0.5) is 18.9 Å². The van der Waals surface area contributed by atoms with Crippen LogP contribution in [0.25, 0.3) is 0 Å². The Kier molecular flexibility index (Phi) is 3.78. The van der Waals surface area contributed by atoms with Crippen molar-refractivity contribution in [1.29, 1.82) is 0 Å². The van der Waals surface area contributed by atoms with Crippen molar-refractivity contribution in [3.05, 3.63) is 47.7 Å². The van der Waals surface area contributed by atoms with E-state index >= 15 is 0 Å². The number of alkyl halides is 3. The van der Waals surface area contributed by atoms with E-state index in [-0.39, 0.29) is 0 Å². The summed E-state index contributed by atoms with van der Waals surface area (Å²) in [5, 5.41) is 2.95. The zero-order valence-electron chi connectivity index (χ0n) is 10.3. The first-order chi connectivity index (χ1) is 8.99. The normalized spacial score (nSPS) is 11.6. The van der Waals surface area contributed by atoms with Crippen molar-refractivity contribution < 1.29 is 17.6 Å². The fourth-order valence-electron chi connectivity index (χ4n) is 1.56. The average molecular weight is 270 g/mol. The van der Waals surface area contributed by atoms with Gasteiger partial charge in [0.2, 0.25) is 0 Å². The summed E-state index contributed by atoms with van der Waals surface area (Å²) in [4.78, 5) is 3.37. The van der Waals surface area contributed by atoms with E-state index in [1.165, 1.54) is 6.07 Å². The molecule has 0 aliphatic carbocycles. The molecule has 0 aliphatic rings. The van der Waals surface area contributed by atoms with Crippen LogP contribution in [0.1, 0.15) is 24.1 Å². The lowest BCUT2D eigenvalue weighted by molar-refractivity contribution is -0.141. The summed E-state index contributed by atoms with van der Waals surface area (Å²) in [7, 11) is 0. The number of rotatable bonds is 4. The molecule has 2 heterocycles. The molecule has 0 amide bonds. The Morgan fingerprint density at radius 3 is 2.42 bits per heavy atom. The minimum Gasteiger partial charge on any atom is -0.464 e. The van der Waals surface area contributed by atoms with Crippen molar-refractivity contribution in [2.24, 2.45) is 0 Å². The standard InChI is InChI=1S/C13H13F3N2O/c1-2-10-4-5-11(19-10)8-17-9-3-6-12(18-7-9)13(14,15)16/h3-7,17H,2,8H2,1H3. The minimum absolute atomic E-state index is 0.410. The number of hydrogen-bond donors (Lipinski definition) is 1. The lowest BCUT2D eigenvalue weighted by Gasteiger charge is -2.07. The Labute approximate surface area is 108 Å². The van der Waals surface area contributed by atoms with Crippen LogP contribution < -0.4 is 5.32 Å². The fourth-order valence-corrected chi connectivity index (χ4v) is 1.56. The first-order valence-corrected chi connectivity index (χ1v) is 5.83. The molecule has 0 saturated carbocycles. The number of aryl methyl sites for hydroxylation is 1. The van der Waals surface area contributed by atoms with Crippen LogP contribution in [-0.4, -0.2) is 4.98 Å². The summed E-state index contributed by atoms with van der Waals surface area (Å²) in [6, 6.07) is 6.01. The Balaban J connectivity index is 1.96. The maximum atomic E-state index is 12.3. The number of anilines is 1. The van der Waals surface area contributed by atoms with Crippen LogP contribution in [-0.2, 0) is 19.1 Å². The van der Waals surface area contributed by atoms with Gasteiger partial charge in [0.25, 0.3) is 0 Å². The van der Waals surface area contributed by atoms with Gasteiger partial charge in [0.05, 0.1) is 18.4 Å². The van der Waals surface area contributed by atoms with E-state index in [2.05, 4.69) is 10.3 Å². The van der Waals surface area contributed by atoms with Crippen molar-refractivity contribution in [1.82, 2.24) is 4.98 Å². The number of furan rings is 1. The van der Waals surface area contributed by atoms with Crippen molar-refractivity contribution in [3.63, 3.8) is 0 Å². The van der Waals surface area contributed by atoms with E-state index < -0.39 is 11.9 Å². The predicted octanol–water partition coefficient (Wildman–Crippen LogP) is 3.87. The van der Waals surface area contributed by atoms with Crippen LogP contribution >= 0.6 is 0 Å². The van der Waals surface area contributed by atoms with E-state index in [1.54, 1.807) is 0 Å². The lowest BCUT2D eigenvalue weighted by atomic mass is 10.3. The van der Waals surface area contributed by atoms with Crippen LogP contribution in [0.5, 0.6) is 0 Å². The molecule has 0 radical (unpaired) electrons. The number of nitrogens with zero attached hydrogens (tertiary/aromatic N) is 1. The smallest absolute Gasteiger partial charge is 0.433 e. The average Bonchev–Trinajstić information content (AvgIpc) is 2.84. The second kappa shape index (κ2) is 5.34. The lowest BCUT2D eigenvalue weighted by Crippen LogP contribution is -2.08. The van der Waals surface area contributed by atoms with E-state index in [0.29, 0.717) is 12.2 Å². The highest BCUT2D eigenvalue weighted by Gasteiger charge is 2.31. The highest BCUT2D eigenvalue weighted by molar-refractivity contribution is 5.41. The molecule has 1 N–H and O–H groups in total. The predicted molar refractivity (Wildman–Crippen MR) is 64.7 cm³/mol. The van der Waals surface area contributed by atoms with Gasteiger partial charge in [-0.25, -0.2) is 4.98 Å². The SMILES string of the molecule is CCc1ccc(CNc2ccc(C(F)(F)F)nc2)o1. The Morgan fingerprint density at radius 1 is 1.16 bits per heavy atom. The van der Waals surface area contributed by atoms with E-state index in [4.69, 9.17) is 4.42 Å². The van der Waals surface area contributed by atoms with E-state index in [0.717, 1.165) is 30.2 Å². The molecule has 0 atom stereocenters. The van der Waals surface area contributed by atoms with Gasteiger partial charge in [-0.15, -0.1) is 0 Å². The molecule has 6 heteroatoms. The quantitative estimate of drug-likeness (QED) is 0.916. The molecule has 3 nitrogen and oxygen atoms in total. The summed E-state index contributed by atoms with van der Waals surface area (Å²) in [5.41, 5.74) is -0.383. The maximum Gasteiger partial charge on any atom is 0.433 e. The van der Waals surface area contributed by atoms with Gasteiger partial charge in [0, 0.05) is 6.42 Å². The number of pyridine rings is 1. The molecule has 0 unspecified atom stereocenters. The van der Waals surface area contributed by atoms with E-state index in [1.807, 2.05) is 19.1 Å². The fraction of sp³-hybridized carbons (Fsp3) is 0.308. The third-order valence-electron chi connectivity index (χ3n) is 2.59. The maximum absolute atomic E-state index is 12.3. The monoisotopic (exact) mass is 270 g/mol. The van der Waals surface area contributed by atoms with Crippen LogP contribution in [0.3, 0.4) is 0 Å². The molecule has 2 aromatic rings. The van der Waals surface area contributed by atoms with Gasteiger partial charge < -0.3 is 9.73 Å². The Bertz CT molecular complexity index is 532. The molecule has 0 bridgehead atoms. The topological polar surface area (TPSA) is 38.1 Å². The summed E-state index contributed by atoms with van der Waals surface area (Å²) >= 11 is 0. The Hall–Kier alpha value is -1.98. The van der Waals surface area contributed by atoms with Crippen molar-refractivity contribution in [3.8, 4) is 0 Å². The molecule has 2 aromatic heterocycles. The molecule has 0 aromatic carbocycles. The highest BCUT2D eigenvalue weighted by Crippen LogP contribution is 2.27. The first kappa shape index (κ1) is 13.5. The van der Waals surface area contributed by atoms with Gasteiger partial charge in [-0.2, -0.15) is 13.2 Å². The minimum atomic E-state index is -4.41. The number of halogens is 3. The second-order valence-corrected chi connectivity index (χ2v) is 4.01. The van der Waals surface area contributed by atoms with Gasteiger partial charge in [0.1, 0.15) is 17.2 Å². The van der Waals surface area contributed by atoms with Crippen molar-refractivity contribution in [2.75, 3.05) is 5.32 Å². The second-order valence-electron chi connectivity index (χ2n) is 4.01. The zero-order valence-corrected chi connectivity index (χ0v) is 10.3. The molecule has 0 spiro atoms. The molecule has 2 rings (SSSR count). The molecule has 0 fully saturated rings. The number of aromatic nitrogens is 1. The van der Waals surface area contributed by atoms with Gasteiger partial charge >= 0.3 is 6.18 Å². The van der Waals surface area contributed by atoms with Gasteiger partial charge in [-0.05, 0) is 24.3 Å². The largest absolute Gasteiger partial charge is 0.464 e. The molecular weight excluding hydrogens is 257 g/mol. The van der Waals surface area contributed by atoms with Gasteiger partial charge in [-0.3, -0.25) is 0 Å². The molecular formula is C13H13F3N2O. The van der Waals surface area contributed by atoms with Gasteiger partial charge in [0.15, 0.2) is 0 Å². The van der Waals surface area contributed by atoms with Gasteiger partial charge in [-0.1, -0.05) is 6.92 Å². The Morgan fingerprint density at radius 2 is 1.89 bits per heavy atom. The number of nitrogens with one attached hydrogen (secondary N) is 1. The molecule has 0 saturated heterocycles. The van der Waals surface area contributed by atoms with Crippen LogP contribution in [0, 0.1) is 0 Å². The first-order valence-electron chi connectivity index (χ1n) is 5.83.